The number of benzene rings is 1. The molecule has 0 bridgehead atoms. The molecule has 0 aromatic heterocycles. The molecule has 0 saturated carbocycles. The van der Waals surface area contributed by atoms with Crippen LogP contribution in [0, 0.1) is 0 Å². The Balaban J connectivity index is 2.23. The van der Waals surface area contributed by atoms with E-state index in [0.717, 1.165) is 12.5 Å². The predicted octanol–water partition coefficient (Wildman–Crippen LogP) is 6.58. The summed E-state index contributed by atoms with van der Waals surface area (Å²) in [7, 11) is -4.65. The van der Waals surface area contributed by atoms with Crippen LogP contribution < -0.4 is 10.3 Å². The highest BCUT2D eigenvalue weighted by molar-refractivity contribution is 7.46. The van der Waals surface area contributed by atoms with Gasteiger partial charge in [0.2, 0.25) is 0 Å². The van der Waals surface area contributed by atoms with E-state index in [-0.39, 0.29) is 12.2 Å². The smallest absolute Gasteiger partial charge is 0.404 e. The van der Waals surface area contributed by atoms with Gasteiger partial charge in [-0.15, -0.1) is 0 Å². The standard InChI is InChI=1S/C31H42NO7P/c1-2-3-4-5-6-7-8-9-10-11-12-13-14-15-16-17-18-19-20-21-30(33)38-31(34)29(32)26-27-22-24-28(25-23-27)39-40(35,36)37/h10-25,29H,2-9,26,32H2,1H3,(H2,35,36,37)/t29-/m0/s1. The quantitative estimate of drug-likeness (QED) is 0.0423. The van der Waals surface area contributed by atoms with Gasteiger partial charge in [-0.25, -0.2) is 14.2 Å². The second kappa shape index (κ2) is 21.5. The number of rotatable bonds is 19. The molecule has 1 rings (SSSR count). The highest BCUT2D eigenvalue weighted by atomic mass is 31.2. The molecule has 0 unspecified atom stereocenters. The number of carbonyl (C=O) groups is 2. The molecule has 40 heavy (non-hydrogen) atoms. The van der Waals surface area contributed by atoms with Gasteiger partial charge in [-0.2, -0.15) is 0 Å². The number of phosphoric acid groups is 1. The Hall–Kier alpha value is -3.29. The van der Waals surface area contributed by atoms with E-state index >= 15 is 0 Å². The number of hydrogen-bond acceptors (Lipinski definition) is 6. The Labute approximate surface area is 237 Å². The minimum atomic E-state index is -4.65. The Morgan fingerprint density at radius 1 is 0.825 bits per heavy atom. The first-order chi connectivity index (χ1) is 19.2. The van der Waals surface area contributed by atoms with Crippen LogP contribution >= 0.6 is 7.82 Å². The van der Waals surface area contributed by atoms with Gasteiger partial charge in [-0.05, 0) is 37.0 Å². The van der Waals surface area contributed by atoms with Crippen LogP contribution in [0.15, 0.2) is 97.2 Å². The van der Waals surface area contributed by atoms with Crippen molar-refractivity contribution >= 4 is 19.8 Å². The van der Waals surface area contributed by atoms with Gasteiger partial charge in [0.25, 0.3) is 0 Å². The fraction of sp³-hybridized carbons (Fsp3) is 0.355. The number of allylic oxidation sites excluding steroid dienone is 11. The maximum atomic E-state index is 12.0. The molecule has 0 aliphatic carbocycles. The van der Waals surface area contributed by atoms with E-state index in [2.05, 4.69) is 23.6 Å². The molecule has 0 fully saturated rings. The molecule has 8 nitrogen and oxygen atoms in total. The summed E-state index contributed by atoms with van der Waals surface area (Å²) in [5.74, 6) is -1.76. The molecule has 0 aliphatic rings. The fourth-order valence-electron chi connectivity index (χ4n) is 3.41. The third-order valence-corrected chi connectivity index (χ3v) is 5.90. The average molecular weight is 572 g/mol. The van der Waals surface area contributed by atoms with E-state index in [1.165, 1.54) is 75.3 Å². The zero-order chi connectivity index (χ0) is 29.5. The van der Waals surface area contributed by atoms with Crippen molar-refractivity contribution < 1.29 is 33.2 Å². The molecule has 0 spiro atoms. The van der Waals surface area contributed by atoms with Gasteiger partial charge in [0.05, 0.1) is 0 Å². The van der Waals surface area contributed by atoms with E-state index in [0.29, 0.717) is 5.56 Å². The van der Waals surface area contributed by atoms with Gasteiger partial charge in [-0.3, -0.25) is 9.79 Å². The summed E-state index contributed by atoms with van der Waals surface area (Å²) in [6.45, 7) is 2.24. The fourth-order valence-corrected chi connectivity index (χ4v) is 3.81. The second-order valence-corrected chi connectivity index (χ2v) is 10.2. The van der Waals surface area contributed by atoms with E-state index in [9.17, 15) is 14.2 Å². The normalized spacial score (nSPS) is 13.5. The molecule has 9 heteroatoms. The largest absolute Gasteiger partial charge is 0.524 e. The first-order valence-corrected chi connectivity index (χ1v) is 15.1. The Morgan fingerprint density at radius 2 is 1.35 bits per heavy atom. The molecule has 1 aromatic carbocycles. The SMILES string of the molecule is CCCCCCCCCC=CC=CC=CC=CC=CC=CC(=O)OC(=O)[C@@H](N)Cc1ccc(OP(=O)(O)O)cc1. The first kappa shape index (κ1) is 34.7. The minimum absolute atomic E-state index is 0.0266. The molecule has 0 aliphatic heterocycles. The van der Waals surface area contributed by atoms with Crippen molar-refractivity contribution in [2.45, 2.75) is 70.8 Å². The summed E-state index contributed by atoms with van der Waals surface area (Å²) in [5.41, 5.74) is 6.39. The van der Waals surface area contributed by atoms with Gasteiger partial charge >= 0.3 is 19.8 Å². The van der Waals surface area contributed by atoms with Crippen molar-refractivity contribution in [3.63, 3.8) is 0 Å². The van der Waals surface area contributed by atoms with E-state index in [1.807, 2.05) is 30.4 Å². The summed E-state index contributed by atoms with van der Waals surface area (Å²) in [5, 5.41) is 0. The molecule has 0 saturated heterocycles. The van der Waals surface area contributed by atoms with E-state index < -0.39 is 25.8 Å². The lowest BCUT2D eigenvalue weighted by Crippen LogP contribution is -2.35. The zero-order valence-electron chi connectivity index (χ0n) is 23.1. The van der Waals surface area contributed by atoms with Gasteiger partial charge in [0.15, 0.2) is 0 Å². The lowest BCUT2D eigenvalue weighted by Gasteiger charge is -2.11. The number of unbranched alkanes of at least 4 members (excludes halogenated alkanes) is 7. The van der Waals surface area contributed by atoms with Gasteiger partial charge in [-0.1, -0.05) is 124 Å². The second-order valence-electron chi connectivity index (χ2n) is 9.01. The van der Waals surface area contributed by atoms with Crippen LogP contribution in [0.1, 0.15) is 63.9 Å². The summed E-state index contributed by atoms with van der Waals surface area (Å²) in [6.07, 6.45) is 32.0. The molecule has 4 N–H and O–H groups in total. The molecular weight excluding hydrogens is 529 g/mol. The van der Waals surface area contributed by atoms with Gasteiger partial charge < -0.3 is 15.0 Å². The monoisotopic (exact) mass is 571 g/mol. The highest BCUT2D eigenvalue weighted by Crippen LogP contribution is 2.37. The summed E-state index contributed by atoms with van der Waals surface area (Å²) < 4.78 is 20.0. The van der Waals surface area contributed by atoms with Gasteiger partial charge in [0, 0.05) is 6.08 Å². The number of esters is 2. The van der Waals surface area contributed by atoms with Crippen LogP contribution in [0.25, 0.3) is 0 Å². The number of hydrogen-bond donors (Lipinski definition) is 3. The highest BCUT2D eigenvalue weighted by Gasteiger charge is 2.19. The van der Waals surface area contributed by atoms with Crippen LogP contribution in [-0.2, 0) is 25.3 Å². The van der Waals surface area contributed by atoms with Crippen LogP contribution in [-0.4, -0.2) is 27.8 Å². The lowest BCUT2D eigenvalue weighted by molar-refractivity contribution is -0.157. The van der Waals surface area contributed by atoms with Crippen LogP contribution in [0.3, 0.4) is 0 Å². The lowest BCUT2D eigenvalue weighted by atomic mass is 10.1. The van der Waals surface area contributed by atoms with Crippen LogP contribution in [0.4, 0.5) is 0 Å². The van der Waals surface area contributed by atoms with Crippen molar-refractivity contribution in [1.29, 1.82) is 0 Å². The molecular formula is C31H42NO7P. The Morgan fingerprint density at radius 3 is 1.93 bits per heavy atom. The molecule has 0 radical (unpaired) electrons. The summed E-state index contributed by atoms with van der Waals surface area (Å²) in [6, 6.07) is 4.58. The molecule has 0 heterocycles. The third-order valence-electron chi connectivity index (χ3n) is 5.45. The molecule has 1 atom stereocenters. The van der Waals surface area contributed by atoms with Crippen LogP contribution in [0.5, 0.6) is 5.75 Å². The molecule has 0 amide bonds. The maximum Gasteiger partial charge on any atom is 0.524 e. The summed E-state index contributed by atoms with van der Waals surface area (Å²) in [4.78, 5) is 41.5. The Kier molecular flexibility index (Phi) is 18.7. The number of ether oxygens (including phenoxy) is 1. The van der Waals surface area contributed by atoms with Crippen molar-refractivity contribution in [1.82, 2.24) is 0 Å². The van der Waals surface area contributed by atoms with Crippen molar-refractivity contribution in [3.05, 3.63) is 103 Å². The van der Waals surface area contributed by atoms with Gasteiger partial charge in [0.1, 0.15) is 11.8 Å². The number of carbonyl (C=O) groups excluding carboxylic acids is 2. The third kappa shape index (κ3) is 19.7. The average Bonchev–Trinajstić information content (AvgIpc) is 2.90. The van der Waals surface area contributed by atoms with E-state index in [4.69, 9.17) is 20.3 Å². The van der Waals surface area contributed by atoms with E-state index in [1.54, 1.807) is 18.2 Å². The summed E-state index contributed by atoms with van der Waals surface area (Å²) >= 11 is 0. The topological polar surface area (TPSA) is 136 Å². The zero-order valence-corrected chi connectivity index (χ0v) is 24.0. The van der Waals surface area contributed by atoms with Crippen LogP contribution in [0.2, 0.25) is 0 Å². The molecule has 1 aromatic rings. The van der Waals surface area contributed by atoms with Crippen molar-refractivity contribution in [3.8, 4) is 5.75 Å². The Bertz CT molecular complexity index is 1100. The van der Waals surface area contributed by atoms with Crippen molar-refractivity contribution in [2.24, 2.45) is 5.73 Å². The number of nitrogens with two attached hydrogens (primary N) is 1. The minimum Gasteiger partial charge on any atom is -0.404 e. The predicted molar refractivity (Wildman–Crippen MR) is 159 cm³/mol. The first-order valence-electron chi connectivity index (χ1n) is 13.6. The molecule has 218 valence electrons. The number of phosphoric ester groups is 1. The van der Waals surface area contributed by atoms with Crippen molar-refractivity contribution in [2.75, 3.05) is 0 Å². The maximum absolute atomic E-state index is 12.0.